The molecular weight excluding hydrogens is 168 g/mol. The maximum absolute atomic E-state index is 5.27. The van der Waals surface area contributed by atoms with E-state index in [1.54, 1.807) is 18.3 Å². The monoisotopic (exact) mass is 180 g/mol. The molecule has 0 aliphatic rings. The number of hydrazine groups is 1. The molecule has 0 bridgehead atoms. The standard InChI is InChI=1S/C8H12N4O/c1-2-3-6-13-7-4-5-10-8(11-7)12-9/h2,4-5H,1,3,6,9H2,(H,10,11,12). The van der Waals surface area contributed by atoms with Gasteiger partial charge >= 0.3 is 0 Å². The number of nitrogens with one attached hydrogen (secondary N) is 1. The Labute approximate surface area is 76.6 Å². The summed E-state index contributed by atoms with van der Waals surface area (Å²) in [6.45, 7) is 4.14. The molecule has 0 aromatic carbocycles. The van der Waals surface area contributed by atoms with Gasteiger partial charge in [-0.15, -0.1) is 6.58 Å². The summed E-state index contributed by atoms with van der Waals surface area (Å²) in [6.07, 6.45) is 4.14. The number of rotatable bonds is 5. The normalized spacial score (nSPS) is 9.31. The lowest BCUT2D eigenvalue weighted by Gasteiger charge is -2.03. The van der Waals surface area contributed by atoms with Gasteiger partial charge in [0.15, 0.2) is 0 Å². The van der Waals surface area contributed by atoms with E-state index in [4.69, 9.17) is 10.6 Å². The van der Waals surface area contributed by atoms with Crippen LogP contribution in [0.25, 0.3) is 0 Å². The van der Waals surface area contributed by atoms with Crippen molar-refractivity contribution in [2.24, 2.45) is 5.84 Å². The SMILES string of the molecule is C=CCCOc1ccnc(NN)n1. The van der Waals surface area contributed by atoms with Crippen molar-refractivity contribution in [2.45, 2.75) is 6.42 Å². The highest BCUT2D eigenvalue weighted by Gasteiger charge is 1.96. The van der Waals surface area contributed by atoms with Gasteiger partial charge in [0.25, 0.3) is 0 Å². The first-order valence-electron chi connectivity index (χ1n) is 3.90. The van der Waals surface area contributed by atoms with E-state index in [9.17, 15) is 0 Å². The van der Waals surface area contributed by atoms with E-state index in [0.717, 1.165) is 6.42 Å². The molecule has 0 aliphatic carbocycles. The predicted octanol–water partition coefficient (Wildman–Crippen LogP) is 0.717. The summed E-state index contributed by atoms with van der Waals surface area (Å²) < 4.78 is 5.27. The molecule has 1 aromatic heterocycles. The van der Waals surface area contributed by atoms with Crippen molar-refractivity contribution in [2.75, 3.05) is 12.0 Å². The average Bonchev–Trinajstić information content (AvgIpc) is 2.19. The van der Waals surface area contributed by atoms with Crippen molar-refractivity contribution in [3.63, 3.8) is 0 Å². The number of aromatic nitrogens is 2. The van der Waals surface area contributed by atoms with E-state index in [0.29, 0.717) is 18.4 Å². The zero-order chi connectivity index (χ0) is 9.52. The molecular formula is C8H12N4O. The summed E-state index contributed by atoms with van der Waals surface area (Å²) in [7, 11) is 0. The van der Waals surface area contributed by atoms with Crippen LogP contribution in [0.4, 0.5) is 5.95 Å². The molecule has 0 saturated heterocycles. The zero-order valence-electron chi connectivity index (χ0n) is 7.23. The lowest BCUT2D eigenvalue weighted by Crippen LogP contribution is -2.10. The molecule has 5 nitrogen and oxygen atoms in total. The Balaban J connectivity index is 2.50. The van der Waals surface area contributed by atoms with Crippen LogP contribution in [0.1, 0.15) is 6.42 Å². The van der Waals surface area contributed by atoms with Gasteiger partial charge in [0.1, 0.15) is 0 Å². The molecule has 0 saturated carbocycles. The summed E-state index contributed by atoms with van der Waals surface area (Å²) >= 11 is 0. The van der Waals surface area contributed by atoms with Crippen molar-refractivity contribution in [1.82, 2.24) is 9.97 Å². The fourth-order valence-corrected chi connectivity index (χ4v) is 0.739. The number of hydrogen-bond acceptors (Lipinski definition) is 5. The topological polar surface area (TPSA) is 73.1 Å². The predicted molar refractivity (Wildman–Crippen MR) is 50.2 cm³/mol. The summed E-state index contributed by atoms with van der Waals surface area (Å²) in [5, 5.41) is 0. The van der Waals surface area contributed by atoms with E-state index in [1.807, 2.05) is 0 Å². The smallest absolute Gasteiger partial charge is 0.240 e. The molecule has 0 aliphatic heterocycles. The molecule has 0 atom stereocenters. The van der Waals surface area contributed by atoms with E-state index in [2.05, 4.69) is 22.0 Å². The van der Waals surface area contributed by atoms with E-state index in [1.165, 1.54) is 0 Å². The van der Waals surface area contributed by atoms with E-state index < -0.39 is 0 Å². The largest absolute Gasteiger partial charge is 0.477 e. The van der Waals surface area contributed by atoms with Gasteiger partial charge in [-0.2, -0.15) is 4.98 Å². The lowest BCUT2D eigenvalue weighted by molar-refractivity contribution is 0.312. The van der Waals surface area contributed by atoms with Gasteiger partial charge in [-0.3, -0.25) is 5.43 Å². The van der Waals surface area contributed by atoms with Crippen molar-refractivity contribution in [3.8, 4) is 5.88 Å². The van der Waals surface area contributed by atoms with Crippen LogP contribution < -0.4 is 16.0 Å². The number of nitrogens with two attached hydrogens (primary N) is 1. The number of anilines is 1. The molecule has 1 heterocycles. The third-order valence-corrected chi connectivity index (χ3v) is 1.33. The van der Waals surface area contributed by atoms with Crippen molar-refractivity contribution in [1.29, 1.82) is 0 Å². The Bertz CT molecular complexity index is 277. The van der Waals surface area contributed by atoms with Crippen molar-refractivity contribution < 1.29 is 4.74 Å². The molecule has 0 spiro atoms. The molecule has 0 amide bonds. The summed E-state index contributed by atoms with van der Waals surface area (Å²) in [5.41, 5.74) is 2.34. The number of hydrogen-bond donors (Lipinski definition) is 2. The Morgan fingerprint density at radius 2 is 2.54 bits per heavy atom. The van der Waals surface area contributed by atoms with Gasteiger partial charge in [0, 0.05) is 12.3 Å². The van der Waals surface area contributed by atoms with Crippen LogP contribution >= 0.6 is 0 Å². The van der Waals surface area contributed by atoms with Crippen molar-refractivity contribution >= 4 is 5.95 Å². The van der Waals surface area contributed by atoms with Crippen LogP contribution in [0.15, 0.2) is 24.9 Å². The molecule has 70 valence electrons. The minimum atomic E-state index is 0.344. The minimum absolute atomic E-state index is 0.344. The average molecular weight is 180 g/mol. The van der Waals surface area contributed by atoms with Gasteiger partial charge in [-0.25, -0.2) is 10.8 Å². The van der Waals surface area contributed by atoms with E-state index >= 15 is 0 Å². The maximum atomic E-state index is 5.27. The van der Waals surface area contributed by atoms with E-state index in [-0.39, 0.29) is 0 Å². The zero-order valence-corrected chi connectivity index (χ0v) is 7.23. The minimum Gasteiger partial charge on any atom is -0.477 e. The van der Waals surface area contributed by atoms with Crippen LogP contribution in [-0.2, 0) is 0 Å². The second-order valence-electron chi connectivity index (χ2n) is 2.29. The first-order chi connectivity index (χ1) is 6.36. The van der Waals surface area contributed by atoms with Gasteiger partial charge in [-0.1, -0.05) is 6.08 Å². The highest BCUT2D eigenvalue weighted by molar-refractivity contribution is 5.25. The number of ether oxygens (including phenoxy) is 1. The lowest BCUT2D eigenvalue weighted by atomic mass is 10.4. The molecule has 0 radical (unpaired) electrons. The maximum Gasteiger partial charge on any atom is 0.240 e. The van der Waals surface area contributed by atoms with Crippen LogP contribution in [0.3, 0.4) is 0 Å². The fraction of sp³-hybridized carbons (Fsp3) is 0.250. The van der Waals surface area contributed by atoms with Crippen LogP contribution in [0.2, 0.25) is 0 Å². The number of nitrogens with zero attached hydrogens (tertiary/aromatic N) is 2. The summed E-state index contributed by atoms with van der Waals surface area (Å²) in [6, 6.07) is 1.67. The Kier molecular flexibility index (Phi) is 3.72. The first kappa shape index (κ1) is 9.47. The first-order valence-corrected chi connectivity index (χ1v) is 3.90. The summed E-state index contributed by atoms with van der Waals surface area (Å²) in [4.78, 5) is 7.80. The van der Waals surface area contributed by atoms with Crippen LogP contribution in [0.5, 0.6) is 5.88 Å². The molecule has 0 fully saturated rings. The highest BCUT2D eigenvalue weighted by atomic mass is 16.5. The van der Waals surface area contributed by atoms with Crippen LogP contribution in [-0.4, -0.2) is 16.6 Å². The molecule has 1 rings (SSSR count). The number of nitrogen functional groups attached to an aromatic ring is 1. The van der Waals surface area contributed by atoms with Gasteiger partial charge < -0.3 is 4.74 Å². The molecule has 3 N–H and O–H groups in total. The Morgan fingerprint density at radius 1 is 1.69 bits per heavy atom. The van der Waals surface area contributed by atoms with Gasteiger partial charge in [0.2, 0.25) is 11.8 Å². The highest BCUT2D eigenvalue weighted by Crippen LogP contribution is 2.07. The van der Waals surface area contributed by atoms with Crippen LogP contribution in [0, 0.1) is 0 Å². The Hall–Kier alpha value is -1.62. The third kappa shape index (κ3) is 3.08. The third-order valence-electron chi connectivity index (χ3n) is 1.33. The quantitative estimate of drug-likeness (QED) is 0.302. The van der Waals surface area contributed by atoms with Gasteiger partial charge in [0.05, 0.1) is 6.61 Å². The summed E-state index contributed by atoms with van der Waals surface area (Å²) in [5.74, 6) is 5.97. The second kappa shape index (κ2) is 5.10. The van der Waals surface area contributed by atoms with Gasteiger partial charge in [-0.05, 0) is 6.42 Å². The molecule has 1 aromatic rings. The molecule has 5 heteroatoms. The Morgan fingerprint density at radius 3 is 3.23 bits per heavy atom. The fourth-order valence-electron chi connectivity index (χ4n) is 0.739. The van der Waals surface area contributed by atoms with Crippen molar-refractivity contribution in [3.05, 3.63) is 24.9 Å². The molecule has 0 unspecified atom stereocenters. The second-order valence-corrected chi connectivity index (χ2v) is 2.29. The molecule has 13 heavy (non-hydrogen) atoms.